The van der Waals surface area contributed by atoms with Gasteiger partial charge in [-0.3, -0.25) is 0 Å². The molecule has 0 saturated heterocycles. The van der Waals surface area contributed by atoms with E-state index in [1.807, 2.05) is 13.0 Å². The van der Waals surface area contributed by atoms with Gasteiger partial charge in [0, 0.05) is 21.9 Å². The molecule has 0 fully saturated rings. The number of nitrogens with two attached hydrogens (primary N) is 1. The number of benzene rings is 1. The topological polar surface area (TPSA) is 63.8 Å². The Labute approximate surface area is 115 Å². The van der Waals surface area contributed by atoms with Crippen molar-refractivity contribution in [1.29, 1.82) is 0 Å². The molecule has 1 aromatic heterocycles. The van der Waals surface area contributed by atoms with E-state index in [-0.39, 0.29) is 5.95 Å². The van der Waals surface area contributed by atoms with Crippen molar-refractivity contribution in [1.82, 2.24) is 9.97 Å². The minimum absolute atomic E-state index is 0.281. The van der Waals surface area contributed by atoms with Gasteiger partial charge >= 0.3 is 0 Å². The summed E-state index contributed by atoms with van der Waals surface area (Å²) in [4.78, 5) is 8.20. The Morgan fingerprint density at radius 3 is 2.22 bits per heavy atom. The Balaban J connectivity index is 2.34. The molecule has 0 aliphatic carbocycles. The summed E-state index contributed by atoms with van der Waals surface area (Å²) in [6, 6.07) is 5.98. The van der Waals surface area contributed by atoms with Gasteiger partial charge in [-0.25, -0.2) is 4.98 Å². The number of anilines is 3. The fourth-order valence-corrected chi connectivity index (χ4v) is 2.05. The third-order valence-electron chi connectivity index (χ3n) is 2.58. The maximum atomic E-state index is 5.63. The molecule has 0 amide bonds. The van der Waals surface area contributed by atoms with Gasteiger partial charge in [-0.05, 0) is 44.0 Å². The maximum Gasteiger partial charge on any atom is 0.222 e. The minimum atomic E-state index is 0.281. The monoisotopic (exact) mass is 306 g/mol. The van der Waals surface area contributed by atoms with Crippen molar-refractivity contribution in [2.75, 3.05) is 11.1 Å². The van der Waals surface area contributed by atoms with Crippen LogP contribution in [0.4, 0.5) is 17.5 Å². The molecular weight excluding hydrogens is 292 g/mol. The maximum absolute atomic E-state index is 5.63. The highest BCUT2D eigenvalue weighted by Crippen LogP contribution is 2.26. The number of hydrogen-bond donors (Lipinski definition) is 2. The Hall–Kier alpha value is -1.62. The van der Waals surface area contributed by atoms with Gasteiger partial charge in [-0.2, -0.15) is 4.98 Å². The molecule has 0 atom stereocenters. The van der Waals surface area contributed by atoms with Crippen LogP contribution in [0.25, 0.3) is 0 Å². The van der Waals surface area contributed by atoms with Gasteiger partial charge in [0.05, 0.1) is 0 Å². The summed E-state index contributed by atoms with van der Waals surface area (Å²) in [6.07, 6.45) is 0. The van der Waals surface area contributed by atoms with Gasteiger partial charge in [-0.1, -0.05) is 15.9 Å². The lowest BCUT2D eigenvalue weighted by Crippen LogP contribution is -2.01. The van der Waals surface area contributed by atoms with E-state index in [2.05, 4.69) is 57.2 Å². The lowest BCUT2D eigenvalue weighted by molar-refractivity contribution is 1.12. The molecule has 94 valence electrons. The molecule has 0 unspecified atom stereocenters. The molecule has 2 aromatic rings. The van der Waals surface area contributed by atoms with Crippen molar-refractivity contribution >= 4 is 33.4 Å². The van der Waals surface area contributed by atoms with Gasteiger partial charge in [0.15, 0.2) is 0 Å². The van der Waals surface area contributed by atoms with E-state index in [0.717, 1.165) is 15.9 Å². The highest BCUT2D eigenvalue weighted by Gasteiger charge is 2.04. The number of halogens is 1. The molecule has 1 heterocycles. The molecule has 1 aromatic carbocycles. The largest absolute Gasteiger partial charge is 0.368 e. The van der Waals surface area contributed by atoms with Gasteiger partial charge in [0.1, 0.15) is 5.82 Å². The molecule has 4 nitrogen and oxygen atoms in total. The van der Waals surface area contributed by atoms with Crippen LogP contribution in [0, 0.1) is 20.8 Å². The van der Waals surface area contributed by atoms with Gasteiger partial charge in [-0.15, -0.1) is 0 Å². The average Bonchev–Trinajstić information content (AvgIpc) is 2.24. The first-order chi connectivity index (χ1) is 8.45. The van der Waals surface area contributed by atoms with Crippen LogP contribution in [0.1, 0.15) is 16.8 Å². The summed E-state index contributed by atoms with van der Waals surface area (Å²) >= 11 is 3.55. The normalized spacial score (nSPS) is 10.4. The summed E-state index contributed by atoms with van der Waals surface area (Å²) < 4.78 is 1.13. The molecular formula is C13H15BrN4. The van der Waals surface area contributed by atoms with Crippen molar-refractivity contribution in [3.8, 4) is 0 Å². The molecule has 0 bridgehead atoms. The number of nitrogen functional groups attached to an aromatic ring is 1. The van der Waals surface area contributed by atoms with E-state index in [0.29, 0.717) is 5.82 Å². The van der Waals surface area contributed by atoms with Crippen LogP contribution in [-0.2, 0) is 0 Å². The number of rotatable bonds is 2. The molecule has 2 rings (SSSR count). The average molecular weight is 307 g/mol. The molecule has 0 radical (unpaired) electrons. The van der Waals surface area contributed by atoms with Crippen LogP contribution in [0.15, 0.2) is 22.7 Å². The summed E-state index contributed by atoms with van der Waals surface area (Å²) in [5.74, 6) is 0.990. The molecule has 3 N–H and O–H groups in total. The highest BCUT2D eigenvalue weighted by atomic mass is 79.9. The zero-order valence-electron chi connectivity index (χ0n) is 10.6. The number of nitrogens with zero attached hydrogens (tertiary/aromatic N) is 2. The van der Waals surface area contributed by atoms with E-state index >= 15 is 0 Å². The summed E-state index contributed by atoms with van der Waals surface area (Å²) in [5, 5.41) is 3.24. The molecule has 0 spiro atoms. The Bertz CT molecular complexity index is 552. The Kier molecular flexibility index (Phi) is 3.52. The molecule has 5 heteroatoms. The fraction of sp³-hybridized carbons (Fsp3) is 0.231. The molecule has 0 aliphatic rings. The predicted octanol–water partition coefficient (Wildman–Crippen LogP) is 3.49. The molecule has 18 heavy (non-hydrogen) atoms. The van der Waals surface area contributed by atoms with Gasteiger partial charge in [0.2, 0.25) is 5.95 Å². The van der Waals surface area contributed by atoms with Crippen LogP contribution < -0.4 is 11.1 Å². The second-order valence-corrected chi connectivity index (χ2v) is 5.09. The van der Waals surface area contributed by atoms with Crippen molar-refractivity contribution in [3.63, 3.8) is 0 Å². The van der Waals surface area contributed by atoms with Crippen LogP contribution in [-0.4, -0.2) is 9.97 Å². The van der Waals surface area contributed by atoms with Crippen molar-refractivity contribution in [3.05, 3.63) is 39.5 Å². The number of hydrogen-bond acceptors (Lipinski definition) is 4. The van der Waals surface area contributed by atoms with E-state index in [1.54, 1.807) is 0 Å². The Morgan fingerprint density at radius 1 is 1.06 bits per heavy atom. The molecule has 0 saturated carbocycles. The van der Waals surface area contributed by atoms with Crippen molar-refractivity contribution in [2.45, 2.75) is 20.8 Å². The van der Waals surface area contributed by atoms with Crippen LogP contribution in [0.3, 0.4) is 0 Å². The SMILES string of the molecule is Cc1cc(Nc2cc(C)c(Br)c(C)c2)nc(N)n1. The van der Waals surface area contributed by atoms with Crippen molar-refractivity contribution < 1.29 is 0 Å². The minimum Gasteiger partial charge on any atom is -0.368 e. The number of aryl methyl sites for hydroxylation is 3. The van der Waals surface area contributed by atoms with Crippen LogP contribution >= 0.6 is 15.9 Å². The van der Waals surface area contributed by atoms with E-state index < -0.39 is 0 Å². The van der Waals surface area contributed by atoms with Crippen molar-refractivity contribution in [2.24, 2.45) is 0 Å². The Morgan fingerprint density at radius 2 is 1.67 bits per heavy atom. The van der Waals surface area contributed by atoms with Gasteiger partial charge < -0.3 is 11.1 Å². The quantitative estimate of drug-likeness (QED) is 0.891. The smallest absolute Gasteiger partial charge is 0.222 e. The summed E-state index contributed by atoms with van der Waals surface area (Å²) in [7, 11) is 0. The molecule has 0 aliphatic heterocycles. The van der Waals surface area contributed by atoms with E-state index in [1.165, 1.54) is 11.1 Å². The third-order valence-corrected chi connectivity index (χ3v) is 3.83. The van der Waals surface area contributed by atoms with E-state index in [9.17, 15) is 0 Å². The first kappa shape index (κ1) is 12.8. The van der Waals surface area contributed by atoms with Gasteiger partial charge in [0.25, 0.3) is 0 Å². The number of aromatic nitrogens is 2. The second kappa shape index (κ2) is 4.94. The predicted molar refractivity (Wildman–Crippen MR) is 78.1 cm³/mol. The third kappa shape index (κ3) is 2.79. The lowest BCUT2D eigenvalue weighted by Gasteiger charge is -2.10. The summed E-state index contributed by atoms with van der Waals surface area (Å²) in [5.41, 5.74) is 9.82. The summed E-state index contributed by atoms with van der Waals surface area (Å²) in [6.45, 7) is 6.00. The standard InChI is InChI=1S/C13H15BrN4/c1-7-4-10(5-8(2)12(7)14)17-11-6-9(3)16-13(15)18-11/h4-6H,1-3H3,(H3,15,16,17,18). The fourth-order valence-electron chi connectivity index (χ4n) is 1.82. The first-order valence-electron chi connectivity index (χ1n) is 5.60. The number of nitrogens with one attached hydrogen (secondary N) is 1. The highest BCUT2D eigenvalue weighted by molar-refractivity contribution is 9.10. The zero-order valence-corrected chi connectivity index (χ0v) is 12.2. The zero-order chi connectivity index (χ0) is 13.3. The van der Waals surface area contributed by atoms with Crippen LogP contribution in [0.2, 0.25) is 0 Å². The van der Waals surface area contributed by atoms with E-state index in [4.69, 9.17) is 5.73 Å². The van der Waals surface area contributed by atoms with Crippen LogP contribution in [0.5, 0.6) is 0 Å². The second-order valence-electron chi connectivity index (χ2n) is 4.30. The lowest BCUT2D eigenvalue weighted by atomic mass is 10.1. The first-order valence-corrected chi connectivity index (χ1v) is 6.40.